The van der Waals surface area contributed by atoms with E-state index in [4.69, 9.17) is 5.26 Å². The largest absolute Gasteiger partial charge is 2.00 e. The van der Waals surface area contributed by atoms with Crippen LogP contribution in [0.2, 0.25) is 0 Å². The van der Waals surface area contributed by atoms with Gasteiger partial charge in [-0.25, -0.2) is 4.79 Å². The number of carbonyl (C=O) groups excluding carboxylic acids is 1. The second-order valence-electron chi connectivity index (χ2n) is 6.16. The maximum absolute atomic E-state index is 10.7. The third kappa shape index (κ3) is 25.6. The number of carbonyl (C=O) groups is 1. The number of unbranched alkanes of at least 4 members (excludes halogenated alkanes) is 14. The summed E-state index contributed by atoms with van der Waals surface area (Å²) in [4.78, 5) is 14.3. The third-order valence-electron chi connectivity index (χ3n) is 4.09. The molecular weight excluding hydrogens is 311 g/mol. The molecule has 1 N–H and O–H groups in total. The van der Waals surface area contributed by atoms with Crippen LogP contribution >= 0.6 is 0 Å². The van der Waals surface area contributed by atoms with Crippen LogP contribution in [0.5, 0.6) is 0 Å². The molecule has 0 fully saturated rings. The first-order valence-corrected chi connectivity index (χ1v) is 9.15. The molecule has 5 heteroatoms. The summed E-state index contributed by atoms with van der Waals surface area (Å²) in [7, 11) is 0. The Bertz CT molecular complexity index is 242. The summed E-state index contributed by atoms with van der Waals surface area (Å²) in [6.07, 6.45) is 20.0. The van der Waals surface area contributed by atoms with E-state index >= 15 is 0 Å². The molecule has 0 unspecified atom stereocenters. The molecule has 0 saturated carbocycles. The molecule has 0 heterocycles. The van der Waals surface area contributed by atoms with Crippen molar-refractivity contribution in [2.24, 2.45) is 0 Å². The number of rotatable bonds is 16. The van der Waals surface area contributed by atoms with Gasteiger partial charge in [-0.3, -0.25) is 0 Å². The van der Waals surface area contributed by atoms with Crippen molar-refractivity contribution in [2.75, 3.05) is 0 Å². The van der Waals surface area contributed by atoms with Gasteiger partial charge in [-0.2, -0.15) is 5.26 Å². The molecule has 0 saturated heterocycles. The van der Waals surface area contributed by atoms with Crippen LogP contribution in [-0.4, -0.2) is 49.0 Å². The zero-order chi connectivity index (χ0) is 15.6. The van der Waals surface area contributed by atoms with Gasteiger partial charge in [0.25, 0.3) is 0 Å². The Balaban J connectivity index is -0.000000200. The maximum atomic E-state index is 10.7. The monoisotopic (exact) mass is 350 g/mol. The Morgan fingerprint density at radius 1 is 0.739 bits per heavy atom. The van der Waals surface area contributed by atoms with Crippen LogP contribution < -0.4 is 18.9 Å². The fourth-order valence-corrected chi connectivity index (χ4v) is 2.69. The van der Waals surface area contributed by atoms with E-state index in [0.29, 0.717) is 6.42 Å². The van der Waals surface area contributed by atoms with Crippen molar-refractivity contribution in [3.63, 3.8) is 0 Å². The van der Waals surface area contributed by atoms with Gasteiger partial charge in [0.15, 0.2) is 0 Å². The number of hydrogen-bond donors (Lipinski definition) is 1. The third-order valence-corrected chi connectivity index (χ3v) is 4.09. The molecule has 0 aromatic heterocycles. The van der Waals surface area contributed by atoms with E-state index in [1.165, 1.54) is 83.5 Å². The molecule has 0 radical (unpaired) electrons. The fraction of sp³-hybridized carbons (Fsp3) is 0.944. The molecule has 0 rings (SSSR count). The Labute approximate surface area is 190 Å². The second kappa shape index (κ2) is 25.5. The van der Waals surface area contributed by atoms with E-state index in [1.807, 2.05) is 0 Å². The van der Waals surface area contributed by atoms with Gasteiger partial charge < -0.3 is 9.17 Å². The van der Waals surface area contributed by atoms with Crippen molar-refractivity contribution in [2.45, 2.75) is 110 Å². The summed E-state index contributed by atoms with van der Waals surface area (Å²) < 4.78 is 0. The fourth-order valence-electron chi connectivity index (χ4n) is 2.69. The molecule has 0 aliphatic heterocycles. The molecule has 0 amide bonds. The molecule has 23 heavy (non-hydrogen) atoms. The van der Waals surface area contributed by atoms with E-state index in [2.05, 4.69) is 11.8 Å². The van der Waals surface area contributed by atoms with Gasteiger partial charge in [0, 0.05) is 6.42 Å². The molecule has 0 atom stereocenters. The molecule has 0 aromatic carbocycles. The van der Waals surface area contributed by atoms with Gasteiger partial charge in [-0.15, -0.1) is 0 Å². The van der Waals surface area contributed by atoms with Crippen molar-refractivity contribution in [1.82, 2.24) is 0 Å². The summed E-state index contributed by atoms with van der Waals surface area (Å²) >= 11 is 0. The summed E-state index contributed by atoms with van der Waals surface area (Å²) in [6.45, 7) is 2.27. The quantitative estimate of drug-likeness (QED) is 0.201. The minimum absolute atomic E-state index is 0. The summed E-state index contributed by atoms with van der Waals surface area (Å²) in [5, 5.41) is 8.10. The van der Waals surface area contributed by atoms with E-state index in [1.54, 1.807) is 0 Å². The van der Waals surface area contributed by atoms with Crippen LogP contribution in [0.3, 0.4) is 0 Å². The van der Waals surface area contributed by atoms with E-state index < -0.39 is 5.97 Å². The van der Waals surface area contributed by atoms with Gasteiger partial charge in [0.1, 0.15) is 0 Å². The Hall–Kier alpha value is 1.29. The van der Waals surface area contributed by atoms with Crippen molar-refractivity contribution in [3.8, 4) is 0 Å². The van der Waals surface area contributed by atoms with Crippen molar-refractivity contribution in [3.05, 3.63) is 0 Å². The smallest absolute Gasteiger partial charge is 1.00 e. The first-order chi connectivity index (χ1) is 10.3. The van der Waals surface area contributed by atoms with Crippen LogP contribution in [0, 0.1) is 0 Å². The standard InChI is InChI=1S/C18H36O3.Ca.Li.3H/c1-2-3-4-5-6-7-8-9-10-11-12-13-14-15-16-17-18(19)21-20;;;;;/h20H,2-17H2,1H3;;;;;/q;+2;+1;3*-1. The summed E-state index contributed by atoms with van der Waals surface area (Å²) in [6, 6.07) is 0. The minimum Gasteiger partial charge on any atom is -1.00 e. The molecule has 0 spiro atoms. The molecule has 0 aliphatic rings. The van der Waals surface area contributed by atoms with E-state index in [0.717, 1.165) is 12.8 Å². The second-order valence-corrected chi connectivity index (χ2v) is 6.16. The van der Waals surface area contributed by atoms with Gasteiger partial charge in [0.2, 0.25) is 0 Å². The maximum Gasteiger partial charge on any atom is 2.00 e. The predicted molar refractivity (Wildman–Crippen MR) is 97.4 cm³/mol. The normalized spacial score (nSPS) is 9.83. The molecule has 132 valence electrons. The van der Waals surface area contributed by atoms with Crippen LogP contribution in [0.15, 0.2) is 0 Å². The van der Waals surface area contributed by atoms with Gasteiger partial charge in [-0.05, 0) is 6.42 Å². The molecule has 3 nitrogen and oxygen atoms in total. The van der Waals surface area contributed by atoms with E-state index in [9.17, 15) is 4.79 Å². The van der Waals surface area contributed by atoms with Crippen LogP contribution in [0.4, 0.5) is 0 Å². The van der Waals surface area contributed by atoms with E-state index in [-0.39, 0.29) is 60.9 Å². The Kier molecular flexibility index (Phi) is 32.3. The number of hydrogen-bond acceptors (Lipinski definition) is 3. The van der Waals surface area contributed by atoms with Gasteiger partial charge >= 0.3 is 62.6 Å². The Morgan fingerprint density at radius 3 is 1.35 bits per heavy atom. The molecule has 0 aliphatic carbocycles. The van der Waals surface area contributed by atoms with Crippen molar-refractivity contribution in [1.29, 1.82) is 0 Å². The van der Waals surface area contributed by atoms with Crippen molar-refractivity contribution < 1.29 is 38.1 Å². The average molecular weight is 351 g/mol. The van der Waals surface area contributed by atoms with Crippen LogP contribution in [-0.2, 0) is 9.68 Å². The first kappa shape index (κ1) is 29.1. The molecular formula is C18H39CaLiO3. The zero-order valence-electron chi connectivity index (χ0n) is 18.8. The zero-order valence-corrected chi connectivity index (χ0v) is 18.0. The van der Waals surface area contributed by atoms with Crippen LogP contribution in [0.25, 0.3) is 0 Å². The predicted octanol–water partition coefficient (Wildman–Crippen LogP) is 3.22. The average Bonchev–Trinajstić information content (AvgIpc) is 2.50. The summed E-state index contributed by atoms with van der Waals surface area (Å²) in [5.41, 5.74) is 0. The van der Waals surface area contributed by atoms with Crippen LogP contribution in [0.1, 0.15) is 114 Å². The SMILES string of the molecule is CCCCCCCCCCCCCCCCCC(=O)OO.[Ca+2].[H-].[H-].[H-].[Li+]. The van der Waals surface area contributed by atoms with Crippen molar-refractivity contribution >= 4 is 43.7 Å². The molecule has 0 aromatic rings. The topological polar surface area (TPSA) is 46.5 Å². The van der Waals surface area contributed by atoms with Gasteiger partial charge in [0.05, 0.1) is 0 Å². The first-order valence-electron chi connectivity index (χ1n) is 9.15. The molecule has 0 bridgehead atoms. The summed E-state index contributed by atoms with van der Waals surface area (Å²) in [5.74, 6) is -0.510. The van der Waals surface area contributed by atoms with Gasteiger partial charge in [-0.1, -0.05) is 96.8 Å². The Morgan fingerprint density at radius 2 is 1.04 bits per heavy atom. The minimum atomic E-state index is -0.510.